The zero-order valence-corrected chi connectivity index (χ0v) is 19.2. The number of nitrogens with one attached hydrogen (secondary N) is 2. The van der Waals surface area contributed by atoms with Gasteiger partial charge in [-0.15, -0.1) is 5.10 Å². The Balaban J connectivity index is 0.000000222. The molecule has 0 bridgehead atoms. The quantitative estimate of drug-likeness (QED) is 0.361. The Hall–Kier alpha value is -4.08. The highest BCUT2D eigenvalue weighted by molar-refractivity contribution is 7.08. The molecule has 10 heteroatoms. The molecular weight excluding hydrogens is 470 g/mol. The minimum Gasteiger partial charge on any atom is -0.326 e. The molecule has 3 heterocycles. The number of thiophene rings is 1. The zero-order valence-electron chi connectivity index (χ0n) is 17.7. The fraction of sp³-hybridized carbons (Fsp3) is 0.0417. The van der Waals surface area contributed by atoms with E-state index in [1.807, 2.05) is 65.4 Å². The van der Waals surface area contributed by atoms with E-state index in [0.717, 1.165) is 27.6 Å². The average molecular weight is 488 g/mol. The Bertz CT molecular complexity index is 1500. The predicted octanol–water partition coefficient (Wildman–Crippen LogP) is 5.08. The second-order valence-electron chi connectivity index (χ2n) is 7.27. The maximum absolute atomic E-state index is 12.7. The van der Waals surface area contributed by atoms with Gasteiger partial charge in [-0.25, -0.2) is 4.68 Å². The van der Waals surface area contributed by atoms with Gasteiger partial charge in [0.15, 0.2) is 6.17 Å². The maximum Gasteiger partial charge on any atom is 0.253 e. The van der Waals surface area contributed by atoms with Crippen LogP contribution in [0.15, 0.2) is 89.6 Å². The van der Waals surface area contributed by atoms with Crippen molar-refractivity contribution in [1.82, 2.24) is 35.7 Å². The third kappa shape index (κ3) is 4.66. The number of amides is 1. The summed E-state index contributed by atoms with van der Waals surface area (Å²) in [4.78, 5) is 12.7. The second kappa shape index (κ2) is 9.82. The standard InChI is InChI=1S/C18H13ClN4OS.C6H5N3/c19-14-7-5-12(6-8-14)18(24)20-17(13-9-10-25-11-13)23-16-4-2-1-3-15(16)21-22-23;1-2-4-6-5(3-1)7-9-8-6/h1-11,17H,(H,20,24);1-4H,(H,7,8,9). The number of hydrogen-bond donors (Lipinski definition) is 2. The molecule has 168 valence electrons. The van der Waals surface area contributed by atoms with E-state index in [1.165, 1.54) is 0 Å². The number of nitrogens with zero attached hydrogens (tertiary/aromatic N) is 5. The molecule has 0 saturated heterocycles. The number of aromatic nitrogens is 6. The molecule has 0 radical (unpaired) electrons. The molecule has 6 rings (SSSR count). The van der Waals surface area contributed by atoms with Gasteiger partial charge in [0.1, 0.15) is 16.6 Å². The Kier molecular flexibility index (Phi) is 6.28. The number of carbonyl (C=O) groups is 1. The smallest absolute Gasteiger partial charge is 0.253 e. The summed E-state index contributed by atoms with van der Waals surface area (Å²) in [5, 5.41) is 26.3. The SMILES string of the molecule is O=C(NC(c1ccsc1)n1nnc2ccccc21)c1ccc(Cl)cc1.c1ccc2n[nH]nc2c1. The Morgan fingerprint density at radius 1 is 0.912 bits per heavy atom. The molecule has 34 heavy (non-hydrogen) atoms. The van der Waals surface area contributed by atoms with Crippen molar-refractivity contribution in [3.8, 4) is 0 Å². The van der Waals surface area contributed by atoms with Gasteiger partial charge in [0.25, 0.3) is 5.91 Å². The maximum atomic E-state index is 12.7. The summed E-state index contributed by atoms with van der Waals surface area (Å²) in [6, 6.07) is 24.1. The van der Waals surface area contributed by atoms with Crippen molar-refractivity contribution in [2.75, 3.05) is 0 Å². The third-order valence-electron chi connectivity index (χ3n) is 5.08. The summed E-state index contributed by atoms with van der Waals surface area (Å²) in [6.45, 7) is 0. The molecule has 6 aromatic rings. The molecule has 0 aliphatic carbocycles. The van der Waals surface area contributed by atoms with E-state index in [9.17, 15) is 4.79 Å². The molecule has 3 aromatic carbocycles. The second-order valence-corrected chi connectivity index (χ2v) is 8.49. The van der Waals surface area contributed by atoms with Crippen molar-refractivity contribution >= 4 is 50.9 Å². The summed E-state index contributed by atoms with van der Waals surface area (Å²) in [5.74, 6) is -0.201. The van der Waals surface area contributed by atoms with E-state index in [1.54, 1.807) is 40.3 Å². The summed E-state index contributed by atoms with van der Waals surface area (Å²) in [6.07, 6.45) is -0.443. The van der Waals surface area contributed by atoms with Gasteiger partial charge in [0, 0.05) is 16.1 Å². The number of benzene rings is 3. The van der Waals surface area contributed by atoms with Crippen LogP contribution >= 0.6 is 22.9 Å². The van der Waals surface area contributed by atoms with Crippen molar-refractivity contribution in [3.05, 3.63) is 106 Å². The van der Waals surface area contributed by atoms with Crippen LogP contribution in [0, 0.1) is 0 Å². The van der Waals surface area contributed by atoms with E-state index >= 15 is 0 Å². The molecule has 1 atom stereocenters. The molecule has 0 fully saturated rings. The van der Waals surface area contributed by atoms with Gasteiger partial charge >= 0.3 is 0 Å². The molecule has 0 saturated carbocycles. The van der Waals surface area contributed by atoms with Crippen molar-refractivity contribution in [2.45, 2.75) is 6.17 Å². The van der Waals surface area contributed by atoms with Gasteiger partial charge in [-0.05, 0) is 65.4 Å². The molecular formula is C24H18ClN7OS. The summed E-state index contributed by atoms with van der Waals surface area (Å²) in [7, 11) is 0. The molecule has 0 aliphatic heterocycles. The number of rotatable bonds is 4. The number of H-pyrrole nitrogens is 1. The van der Waals surface area contributed by atoms with Crippen LogP contribution in [-0.4, -0.2) is 36.3 Å². The number of fused-ring (bicyclic) bond motifs is 2. The van der Waals surface area contributed by atoms with E-state index in [0.29, 0.717) is 10.6 Å². The van der Waals surface area contributed by atoms with E-state index < -0.39 is 6.17 Å². The number of carbonyl (C=O) groups excluding carboxylic acids is 1. The van der Waals surface area contributed by atoms with Crippen LogP contribution in [0.5, 0.6) is 0 Å². The summed E-state index contributed by atoms with van der Waals surface area (Å²) >= 11 is 7.46. The van der Waals surface area contributed by atoms with Crippen LogP contribution in [0.1, 0.15) is 22.1 Å². The first-order valence-electron chi connectivity index (χ1n) is 10.3. The highest BCUT2D eigenvalue weighted by atomic mass is 35.5. The minimum absolute atomic E-state index is 0.201. The molecule has 2 N–H and O–H groups in total. The topological polar surface area (TPSA) is 101 Å². The average Bonchev–Trinajstić information content (AvgIpc) is 3.64. The zero-order chi connectivity index (χ0) is 23.3. The summed E-state index contributed by atoms with van der Waals surface area (Å²) < 4.78 is 1.73. The largest absolute Gasteiger partial charge is 0.326 e. The van der Waals surface area contributed by atoms with E-state index in [-0.39, 0.29) is 5.91 Å². The van der Waals surface area contributed by atoms with Gasteiger partial charge in [0.05, 0.1) is 5.52 Å². The van der Waals surface area contributed by atoms with E-state index in [2.05, 4.69) is 31.0 Å². The van der Waals surface area contributed by atoms with Crippen molar-refractivity contribution < 1.29 is 4.79 Å². The number of hydrogen-bond acceptors (Lipinski definition) is 6. The van der Waals surface area contributed by atoms with Gasteiger partial charge in [-0.1, -0.05) is 41.1 Å². The fourth-order valence-corrected chi connectivity index (χ4v) is 4.19. The Morgan fingerprint density at radius 3 is 2.26 bits per heavy atom. The highest BCUT2D eigenvalue weighted by Crippen LogP contribution is 2.23. The van der Waals surface area contributed by atoms with Crippen LogP contribution in [-0.2, 0) is 0 Å². The van der Waals surface area contributed by atoms with Gasteiger partial charge in [0.2, 0.25) is 0 Å². The van der Waals surface area contributed by atoms with Crippen molar-refractivity contribution in [3.63, 3.8) is 0 Å². The minimum atomic E-state index is -0.443. The third-order valence-corrected chi connectivity index (χ3v) is 6.03. The van der Waals surface area contributed by atoms with Gasteiger partial charge in [-0.2, -0.15) is 26.7 Å². The van der Waals surface area contributed by atoms with Crippen LogP contribution in [0.3, 0.4) is 0 Å². The monoisotopic (exact) mass is 487 g/mol. The van der Waals surface area contributed by atoms with Crippen LogP contribution in [0.4, 0.5) is 0 Å². The van der Waals surface area contributed by atoms with Crippen LogP contribution in [0.25, 0.3) is 22.1 Å². The van der Waals surface area contributed by atoms with Crippen molar-refractivity contribution in [2.24, 2.45) is 0 Å². The first-order valence-corrected chi connectivity index (χ1v) is 11.6. The molecule has 1 unspecified atom stereocenters. The predicted molar refractivity (Wildman–Crippen MR) is 133 cm³/mol. The van der Waals surface area contributed by atoms with Crippen LogP contribution < -0.4 is 5.32 Å². The molecule has 3 aromatic heterocycles. The lowest BCUT2D eigenvalue weighted by atomic mass is 10.2. The van der Waals surface area contributed by atoms with Gasteiger partial charge < -0.3 is 5.32 Å². The Labute approximate surface area is 203 Å². The first-order chi connectivity index (χ1) is 16.7. The number of halogens is 1. The van der Waals surface area contributed by atoms with Crippen LogP contribution in [0.2, 0.25) is 5.02 Å². The lowest BCUT2D eigenvalue weighted by Crippen LogP contribution is -2.33. The molecule has 8 nitrogen and oxygen atoms in total. The first kappa shape index (κ1) is 21.7. The normalized spacial score (nSPS) is 11.7. The lowest BCUT2D eigenvalue weighted by Gasteiger charge is -2.19. The number of para-hydroxylation sites is 3. The van der Waals surface area contributed by atoms with E-state index in [4.69, 9.17) is 11.6 Å². The van der Waals surface area contributed by atoms with Crippen molar-refractivity contribution in [1.29, 1.82) is 0 Å². The summed E-state index contributed by atoms with van der Waals surface area (Å²) in [5.41, 5.74) is 4.95. The highest BCUT2D eigenvalue weighted by Gasteiger charge is 2.21. The van der Waals surface area contributed by atoms with Gasteiger partial charge in [-0.3, -0.25) is 4.79 Å². The molecule has 1 amide bonds. The lowest BCUT2D eigenvalue weighted by molar-refractivity contribution is 0.0928. The number of aromatic amines is 1. The fourth-order valence-electron chi connectivity index (χ4n) is 3.39. The Morgan fingerprint density at radius 2 is 1.59 bits per heavy atom. The molecule has 0 spiro atoms. The molecule has 0 aliphatic rings.